The van der Waals surface area contributed by atoms with Crippen LogP contribution in [0, 0.1) is 5.82 Å². The van der Waals surface area contributed by atoms with Crippen molar-refractivity contribution in [1.82, 2.24) is 9.78 Å². The Kier molecular flexibility index (Phi) is 3.80. The third-order valence-corrected chi connectivity index (χ3v) is 2.86. The number of aliphatic hydroxyl groups is 1. The molecule has 108 valence electrons. The van der Waals surface area contributed by atoms with E-state index in [0.717, 1.165) is 12.1 Å². The second kappa shape index (κ2) is 5.24. The minimum atomic E-state index is -4.66. The third-order valence-electron chi connectivity index (χ3n) is 2.86. The zero-order valence-corrected chi connectivity index (χ0v) is 10.5. The maximum atomic E-state index is 13.3. The van der Waals surface area contributed by atoms with Crippen LogP contribution >= 0.6 is 0 Å². The first-order chi connectivity index (χ1) is 9.31. The van der Waals surface area contributed by atoms with Gasteiger partial charge in [0.15, 0.2) is 0 Å². The van der Waals surface area contributed by atoms with Gasteiger partial charge in [-0.05, 0) is 30.7 Å². The Hall–Kier alpha value is -1.89. The molecule has 1 heterocycles. The van der Waals surface area contributed by atoms with E-state index in [-0.39, 0.29) is 5.56 Å². The van der Waals surface area contributed by atoms with Crippen LogP contribution in [0.2, 0.25) is 0 Å². The van der Waals surface area contributed by atoms with E-state index in [4.69, 9.17) is 0 Å². The molecule has 0 spiro atoms. The van der Waals surface area contributed by atoms with Crippen LogP contribution in [-0.4, -0.2) is 14.9 Å². The molecule has 0 fully saturated rings. The molecule has 0 bridgehead atoms. The molecular formula is C13H12F4N2O. The predicted octanol–water partition coefficient (Wildman–Crippen LogP) is 3.14. The fourth-order valence-corrected chi connectivity index (χ4v) is 1.82. The molecule has 0 saturated carbocycles. The number of benzene rings is 1. The van der Waals surface area contributed by atoms with Gasteiger partial charge >= 0.3 is 6.18 Å². The van der Waals surface area contributed by atoms with Crippen molar-refractivity contribution in [2.24, 2.45) is 0 Å². The number of alkyl halides is 3. The molecule has 20 heavy (non-hydrogen) atoms. The normalized spacial score (nSPS) is 13.5. The lowest BCUT2D eigenvalue weighted by Gasteiger charge is -2.13. The van der Waals surface area contributed by atoms with E-state index in [1.807, 2.05) is 6.92 Å². The fourth-order valence-electron chi connectivity index (χ4n) is 1.82. The largest absolute Gasteiger partial charge is 0.416 e. The van der Waals surface area contributed by atoms with Crippen molar-refractivity contribution in [3.8, 4) is 0 Å². The summed E-state index contributed by atoms with van der Waals surface area (Å²) in [6, 6.07) is 2.01. The minimum absolute atomic E-state index is 0.159. The first-order valence-corrected chi connectivity index (χ1v) is 5.89. The topological polar surface area (TPSA) is 38.0 Å². The predicted molar refractivity (Wildman–Crippen MR) is 63.4 cm³/mol. The van der Waals surface area contributed by atoms with Crippen LogP contribution in [0.15, 0.2) is 30.6 Å². The van der Waals surface area contributed by atoms with Gasteiger partial charge in [0.05, 0.1) is 11.8 Å². The third kappa shape index (κ3) is 2.98. The first kappa shape index (κ1) is 14.5. The van der Waals surface area contributed by atoms with Crippen molar-refractivity contribution < 1.29 is 22.7 Å². The lowest BCUT2D eigenvalue weighted by atomic mass is 10.0. The van der Waals surface area contributed by atoms with Crippen LogP contribution in [0.4, 0.5) is 17.6 Å². The summed E-state index contributed by atoms with van der Waals surface area (Å²) in [7, 11) is 0. The highest BCUT2D eigenvalue weighted by molar-refractivity contribution is 5.32. The van der Waals surface area contributed by atoms with Gasteiger partial charge in [0.25, 0.3) is 0 Å². The van der Waals surface area contributed by atoms with Crippen molar-refractivity contribution in [2.45, 2.75) is 25.7 Å². The maximum Gasteiger partial charge on any atom is 0.416 e. The van der Waals surface area contributed by atoms with E-state index in [0.29, 0.717) is 18.2 Å². The van der Waals surface area contributed by atoms with Gasteiger partial charge in [-0.15, -0.1) is 0 Å². The molecule has 1 unspecified atom stereocenters. The monoisotopic (exact) mass is 288 g/mol. The SMILES string of the molecule is CCn1cc(C(O)c2cc(F)cc(C(F)(F)F)c2)cn1. The average molecular weight is 288 g/mol. The van der Waals surface area contributed by atoms with Gasteiger partial charge in [0, 0.05) is 18.3 Å². The number of aromatic nitrogens is 2. The fraction of sp³-hybridized carbons (Fsp3) is 0.308. The van der Waals surface area contributed by atoms with Gasteiger partial charge in [-0.2, -0.15) is 18.3 Å². The molecule has 1 aromatic heterocycles. The van der Waals surface area contributed by atoms with Crippen LogP contribution in [0.1, 0.15) is 29.7 Å². The van der Waals surface area contributed by atoms with E-state index < -0.39 is 23.7 Å². The number of hydrogen-bond acceptors (Lipinski definition) is 2. The van der Waals surface area contributed by atoms with Gasteiger partial charge in [0.1, 0.15) is 11.9 Å². The highest BCUT2D eigenvalue weighted by Gasteiger charge is 2.32. The number of halogens is 4. The molecule has 0 radical (unpaired) electrons. The second-order valence-corrected chi connectivity index (χ2v) is 4.30. The van der Waals surface area contributed by atoms with Crippen LogP contribution in [0.5, 0.6) is 0 Å². The highest BCUT2D eigenvalue weighted by Crippen LogP contribution is 2.33. The van der Waals surface area contributed by atoms with Crippen molar-refractivity contribution in [2.75, 3.05) is 0 Å². The average Bonchev–Trinajstić information content (AvgIpc) is 2.84. The molecular weight excluding hydrogens is 276 g/mol. The summed E-state index contributed by atoms with van der Waals surface area (Å²) in [5.74, 6) is -1.04. The van der Waals surface area contributed by atoms with Crippen LogP contribution in [0.25, 0.3) is 0 Å². The molecule has 1 aromatic carbocycles. The Morgan fingerprint density at radius 2 is 1.95 bits per heavy atom. The molecule has 0 aliphatic rings. The van der Waals surface area contributed by atoms with Crippen molar-refractivity contribution in [1.29, 1.82) is 0 Å². The molecule has 0 amide bonds. The van der Waals surface area contributed by atoms with Gasteiger partial charge in [-0.1, -0.05) is 0 Å². The smallest absolute Gasteiger partial charge is 0.384 e. The molecule has 7 heteroatoms. The Morgan fingerprint density at radius 1 is 1.25 bits per heavy atom. The Bertz CT molecular complexity index is 607. The molecule has 0 aliphatic heterocycles. The number of aliphatic hydroxyl groups excluding tert-OH is 1. The summed E-state index contributed by atoms with van der Waals surface area (Å²) in [5.41, 5.74) is -0.979. The first-order valence-electron chi connectivity index (χ1n) is 5.89. The summed E-state index contributed by atoms with van der Waals surface area (Å²) in [6.45, 7) is 2.39. The molecule has 2 aromatic rings. The van der Waals surface area contributed by atoms with Crippen LogP contribution in [-0.2, 0) is 12.7 Å². The number of nitrogens with zero attached hydrogens (tertiary/aromatic N) is 2. The molecule has 1 atom stereocenters. The molecule has 0 saturated heterocycles. The van der Waals surface area contributed by atoms with Gasteiger partial charge in [-0.3, -0.25) is 4.68 Å². The number of rotatable bonds is 3. The summed E-state index contributed by atoms with van der Waals surface area (Å²) in [4.78, 5) is 0. The van der Waals surface area contributed by atoms with Crippen molar-refractivity contribution in [3.63, 3.8) is 0 Å². The van der Waals surface area contributed by atoms with Crippen LogP contribution < -0.4 is 0 Å². The Balaban J connectivity index is 2.39. The summed E-state index contributed by atoms with van der Waals surface area (Å²) >= 11 is 0. The summed E-state index contributed by atoms with van der Waals surface area (Å²) in [6.07, 6.45) is -3.17. The molecule has 0 aliphatic carbocycles. The Morgan fingerprint density at radius 3 is 2.50 bits per heavy atom. The zero-order chi connectivity index (χ0) is 14.9. The highest BCUT2D eigenvalue weighted by atomic mass is 19.4. The Labute approximate surface area is 112 Å². The lowest BCUT2D eigenvalue weighted by Crippen LogP contribution is -2.08. The van der Waals surface area contributed by atoms with Crippen LogP contribution in [0.3, 0.4) is 0 Å². The molecule has 1 N–H and O–H groups in total. The summed E-state index contributed by atoms with van der Waals surface area (Å²) < 4.78 is 52.6. The second-order valence-electron chi connectivity index (χ2n) is 4.30. The standard InChI is InChI=1S/C13H12F4N2O/c1-2-19-7-9(6-18-19)12(20)8-3-10(13(15,16)17)5-11(14)4-8/h3-7,12,20H,2H2,1H3. The zero-order valence-electron chi connectivity index (χ0n) is 10.5. The van der Waals surface area contributed by atoms with Gasteiger partial charge in [-0.25, -0.2) is 4.39 Å². The van der Waals surface area contributed by atoms with Crippen molar-refractivity contribution in [3.05, 3.63) is 53.1 Å². The summed E-state index contributed by atoms with van der Waals surface area (Å²) in [5, 5.41) is 13.9. The van der Waals surface area contributed by atoms with E-state index in [9.17, 15) is 22.7 Å². The van der Waals surface area contributed by atoms with Gasteiger partial charge < -0.3 is 5.11 Å². The van der Waals surface area contributed by atoms with E-state index in [1.54, 1.807) is 0 Å². The van der Waals surface area contributed by atoms with E-state index in [2.05, 4.69) is 5.10 Å². The van der Waals surface area contributed by atoms with E-state index >= 15 is 0 Å². The maximum absolute atomic E-state index is 13.3. The van der Waals surface area contributed by atoms with Crippen molar-refractivity contribution >= 4 is 0 Å². The van der Waals surface area contributed by atoms with E-state index in [1.165, 1.54) is 17.1 Å². The number of hydrogen-bond donors (Lipinski definition) is 1. The molecule has 2 rings (SSSR count). The molecule has 3 nitrogen and oxygen atoms in total. The lowest BCUT2D eigenvalue weighted by molar-refractivity contribution is -0.137. The quantitative estimate of drug-likeness (QED) is 0.881. The van der Waals surface area contributed by atoms with Gasteiger partial charge in [0.2, 0.25) is 0 Å². The number of aryl methyl sites for hydroxylation is 1. The minimum Gasteiger partial charge on any atom is -0.384 e.